The maximum atomic E-state index is 11.9. The van der Waals surface area contributed by atoms with Gasteiger partial charge in [0, 0.05) is 12.8 Å². The highest BCUT2D eigenvalue weighted by molar-refractivity contribution is 5.69. The smallest absolute Gasteiger partial charge is 0.305 e. The second-order valence-corrected chi connectivity index (χ2v) is 12.8. The molecule has 0 aliphatic heterocycles. The van der Waals surface area contributed by atoms with Crippen LogP contribution < -0.4 is 0 Å². The van der Waals surface area contributed by atoms with Gasteiger partial charge in [-0.05, 0) is 25.7 Å². The molecule has 0 atom stereocenters. The first-order valence-electron chi connectivity index (χ1n) is 19.0. The standard InChI is InChI=1S/C38H74O4/c1-3-5-7-9-11-23-27-31-35-41-38(40)34-30-26-22-19-17-15-13-12-14-16-18-20-24-28-32-36-42-37(39)33-29-25-21-10-8-6-4-2/h3-36H2,1-2H3. The van der Waals surface area contributed by atoms with Crippen LogP contribution in [0.1, 0.15) is 219 Å². The SMILES string of the molecule is CCCCCCCCCCOC(=O)CCCCCCCCCCCCCCCCCOC(=O)CCCCCCCCC. The largest absolute Gasteiger partial charge is 0.466 e. The van der Waals surface area contributed by atoms with Gasteiger partial charge in [-0.2, -0.15) is 0 Å². The topological polar surface area (TPSA) is 52.6 Å². The van der Waals surface area contributed by atoms with Crippen molar-refractivity contribution >= 4 is 11.9 Å². The highest BCUT2D eigenvalue weighted by Gasteiger charge is 2.04. The van der Waals surface area contributed by atoms with Crippen LogP contribution in [0.15, 0.2) is 0 Å². The van der Waals surface area contributed by atoms with E-state index in [1.165, 1.54) is 161 Å². The van der Waals surface area contributed by atoms with E-state index in [4.69, 9.17) is 9.47 Å². The number of esters is 2. The third kappa shape index (κ3) is 35.1. The van der Waals surface area contributed by atoms with Crippen molar-refractivity contribution in [2.75, 3.05) is 13.2 Å². The van der Waals surface area contributed by atoms with Crippen LogP contribution in [-0.4, -0.2) is 25.2 Å². The number of hydrogen-bond donors (Lipinski definition) is 0. The Hall–Kier alpha value is -1.06. The number of carbonyl (C=O) groups excluding carboxylic acids is 2. The molecule has 0 fully saturated rings. The number of carbonyl (C=O) groups is 2. The van der Waals surface area contributed by atoms with Crippen LogP contribution in [0.5, 0.6) is 0 Å². The summed E-state index contributed by atoms with van der Waals surface area (Å²) in [6.07, 6.45) is 39.2. The molecule has 0 aliphatic carbocycles. The van der Waals surface area contributed by atoms with Crippen LogP contribution in [0.2, 0.25) is 0 Å². The Bertz CT molecular complexity index is 547. The van der Waals surface area contributed by atoms with Crippen molar-refractivity contribution in [1.29, 1.82) is 0 Å². The molecular formula is C38H74O4. The van der Waals surface area contributed by atoms with Crippen molar-refractivity contribution in [2.24, 2.45) is 0 Å². The second-order valence-electron chi connectivity index (χ2n) is 12.8. The molecule has 0 radical (unpaired) electrons. The van der Waals surface area contributed by atoms with Crippen LogP contribution in [0.25, 0.3) is 0 Å². The lowest BCUT2D eigenvalue weighted by Gasteiger charge is -2.06. The third-order valence-electron chi connectivity index (χ3n) is 8.53. The van der Waals surface area contributed by atoms with Gasteiger partial charge in [0.25, 0.3) is 0 Å². The molecule has 0 saturated heterocycles. The van der Waals surface area contributed by atoms with E-state index in [1.54, 1.807) is 0 Å². The molecule has 0 N–H and O–H groups in total. The van der Waals surface area contributed by atoms with Crippen LogP contribution in [0, 0.1) is 0 Å². The molecule has 0 rings (SSSR count). The molecule has 250 valence electrons. The van der Waals surface area contributed by atoms with Gasteiger partial charge in [-0.3, -0.25) is 9.59 Å². The maximum Gasteiger partial charge on any atom is 0.305 e. The minimum absolute atomic E-state index is 0.00459. The van der Waals surface area contributed by atoms with Crippen LogP contribution in [0.3, 0.4) is 0 Å². The maximum absolute atomic E-state index is 11.9. The average molecular weight is 595 g/mol. The lowest BCUT2D eigenvalue weighted by molar-refractivity contribution is -0.144. The lowest BCUT2D eigenvalue weighted by atomic mass is 10.0. The van der Waals surface area contributed by atoms with Crippen molar-refractivity contribution in [3.8, 4) is 0 Å². The third-order valence-corrected chi connectivity index (χ3v) is 8.53. The lowest BCUT2D eigenvalue weighted by Crippen LogP contribution is -2.05. The van der Waals surface area contributed by atoms with Gasteiger partial charge in [0.1, 0.15) is 0 Å². The van der Waals surface area contributed by atoms with E-state index in [0.29, 0.717) is 26.1 Å². The summed E-state index contributed by atoms with van der Waals surface area (Å²) >= 11 is 0. The molecule has 0 aromatic heterocycles. The summed E-state index contributed by atoms with van der Waals surface area (Å²) in [5.41, 5.74) is 0. The summed E-state index contributed by atoms with van der Waals surface area (Å²) in [6, 6.07) is 0. The molecule has 0 unspecified atom stereocenters. The second kappa shape index (κ2) is 36.1. The van der Waals surface area contributed by atoms with Gasteiger partial charge in [0.15, 0.2) is 0 Å². The zero-order valence-corrected chi connectivity index (χ0v) is 28.7. The van der Waals surface area contributed by atoms with Gasteiger partial charge in [0.05, 0.1) is 13.2 Å². The number of ether oxygens (including phenoxy) is 2. The predicted molar refractivity (Wildman–Crippen MR) is 181 cm³/mol. The minimum atomic E-state index is 0.00459. The average Bonchev–Trinajstić information content (AvgIpc) is 2.99. The van der Waals surface area contributed by atoms with E-state index >= 15 is 0 Å². The molecule has 42 heavy (non-hydrogen) atoms. The number of hydrogen-bond acceptors (Lipinski definition) is 4. The molecule has 0 aromatic carbocycles. The van der Waals surface area contributed by atoms with Crippen molar-refractivity contribution in [1.82, 2.24) is 0 Å². The Labute approximate surface area is 263 Å². The quantitative estimate of drug-likeness (QED) is 0.0541. The van der Waals surface area contributed by atoms with E-state index in [9.17, 15) is 9.59 Å². The number of unbranched alkanes of at least 4 members (excludes halogenated alkanes) is 27. The molecule has 4 nitrogen and oxygen atoms in total. The fourth-order valence-electron chi connectivity index (χ4n) is 5.65. The Morgan fingerprint density at radius 1 is 0.310 bits per heavy atom. The first-order valence-corrected chi connectivity index (χ1v) is 19.0. The normalized spacial score (nSPS) is 11.2. The van der Waals surface area contributed by atoms with Gasteiger partial charge >= 0.3 is 11.9 Å². The molecular weight excluding hydrogens is 520 g/mol. The van der Waals surface area contributed by atoms with Crippen molar-refractivity contribution in [3.63, 3.8) is 0 Å². The summed E-state index contributed by atoms with van der Waals surface area (Å²) in [4.78, 5) is 23.7. The van der Waals surface area contributed by atoms with Crippen LogP contribution in [-0.2, 0) is 19.1 Å². The number of rotatable bonds is 35. The van der Waals surface area contributed by atoms with E-state index in [2.05, 4.69) is 13.8 Å². The van der Waals surface area contributed by atoms with Crippen LogP contribution >= 0.6 is 0 Å². The summed E-state index contributed by atoms with van der Waals surface area (Å²) in [6.45, 7) is 5.73. The Kier molecular flexibility index (Phi) is 35.2. The fraction of sp³-hybridized carbons (Fsp3) is 0.947. The molecule has 0 aromatic rings. The Morgan fingerprint density at radius 3 is 0.786 bits per heavy atom. The van der Waals surface area contributed by atoms with Gasteiger partial charge in [0.2, 0.25) is 0 Å². The minimum Gasteiger partial charge on any atom is -0.466 e. The molecule has 0 amide bonds. The predicted octanol–water partition coefficient (Wildman–Crippen LogP) is 12.6. The van der Waals surface area contributed by atoms with E-state index in [0.717, 1.165) is 32.1 Å². The molecule has 0 spiro atoms. The zero-order valence-electron chi connectivity index (χ0n) is 28.7. The summed E-state index contributed by atoms with van der Waals surface area (Å²) in [5.74, 6) is 0.0118. The first-order chi connectivity index (χ1) is 20.7. The van der Waals surface area contributed by atoms with Crippen molar-refractivity contribution in [2.45, 2.75) is 219 Å². The molecule has 0 bridgehead atoms. The van der Waals surface area contributed by atoms with E-state index in [-0.39, 0.29) is 11.9 Å². The monoisotopic (exact) mass is 595 g/mol. The molecule has 4 heteroatoms. The highest BCUT2D eigenvalue weighted by Crippen LogP contribution is 2.15. The fourth-order valence-corrected chi connectivity index (χ4v) is 5.65. The van der Waals surface area contributed by atoms with Gasteiger partial charge in [-0.15, -0.1) is 0 Å². The summed E-state index contributed by atoms with van der Waals surface area (Å²) < 4.78 is 10.8. The molecule has 0 saturated carbocycles. The van der Waals surface area contributed by atoms with E-state index in [1.807, 2.05) is 0 Å². The first kappa shape index (κ1) is 40.9. The van der Waals surface area contributed by atoms with Gasteiger partial charge in [-0.25, -0.2) is 0 Å². The highest BCUT2D eigenvalue weighted by atomic mass is 16.5. The van der Waals surface area contributed by atoms with Gasteiger partial charge in [-0.1, -0.05) is 181 Å². The van der Waals surface area contributed by atoms with Gasteiger partial charge < -0.3 is 9.47 Å². The molecule has 0 aliphatic rings. The van der Waals surface area contributed by atoms with E-state index < -0.39 is 0 Å². The van der Waals surface area contributed by atoms with Crippen LogP contribution in [0.4, 0.5) is 0 Å². The Balaban J connectivity index is 3.18. The van der Waals surface area contributed by atoms with Crippen molar-refractivity contribution in [3.05, 3.63) is 0 Å². The zero-order chi connectivity index (χ0) is 30.6. The van der Waals surface area contributed by atoms with Crippen molar-refractivity contribution < 1.29 is 19.1 Å². The Morgan fingerprint density at radius 2 is 0.524 bits per heavy atom. The molecule has 0 heterocycles. The summed E-state index contributed by atoms with van der Waals surface area (Å²) in [5, 5.41) is 0. The summed E-state index contributed by atoms with van der Waals surface area (Å²) in [7, 11) is 0.